The van der Waals surface area contributed by atoms with Gasteiger partial charge < -0.3 is 9.64 Å². The van der Waals surface area contributed by atoms with Crippen molar-refractivity contribution in [3.05, 3.63) is 58.9 Å². The molecule has 0 saturated carbocycles. The van der Waals surface area contributed by atoms with Crippen LogP contribution in [0.2, 0.25) is 5.02 Å². The Morgan fingerprint density at radius 1 is 1.25 bits per heavy atom. The lowest BCUT2D eigenvalue weighted by Gasteiger charge is -2.32. The Hall–Kier alpha value is -2.07. The number of halogens is 1. The number of piperidine rings is 1. The number of rotatable bonds is 4. The zero-order valence-corrected chi connectivity index (χ0v) is 14.5. The van der Waals surface area contributed by atoms with Crippen molar-refractivity contribution in [2.24, 2.45) is 5.92 Å². The fourth-order valence-electron chi connectivity index (χ4n) is 2.91. The van der Waals surface area contributed by atoms with Crippen LogP contribution in [0.3, 0.4) is 0 Å². The largest absolute Gasteiger partial charge is 0.493 e. The molecule has 0 radical (unpaired) electrons. The van der Waals surface area contributed by atoms with Crippen LogP contribution in [-0.2, 0) is 0 Å². The maximum Gasteiger partial charge on any atom is 0.253 e. The van der Waals surface area contributed by atoms with Crippen LogP contribution in [0, 0.1) is 12.8 Å². The number of carbonyl (C=O) groups is 1. The van der Waals surface area contributed by atoms with E-state index in [9.17, 15) is 4.79 Å². The van der Waals surface area contributed by atoms with Crippen molar-refractivity contribution in [2.45, 2.75) is 19.8 Å². The maximum absolute atomic E-state index is 12.5. The van der Waals surface area contributed by atoms with E-state index < -0.39 is 0 Å². The van der Waals surface area contributed by atoms with Gasteiger partial charge in [0.05, 0.1) is 6.61 Å². The fourth-order valence-corrected chi connectivity index (χ4v) is 3.03. The van der Waals surface area contributed by atoms with Gasteiger partial charge >= 0.3 is 0 Å². The molecule has 1 saturated heterocycles. The molecule has 0 aliphatic carbocycles. The first kappa shape index (κ1) is 16.8. The average molecular weight is 345 g/mol. The topological polar surface area (TPSA) is 42.4 Å². The Bertz CT molecular complexity index is 695. The summed E-state index contributed by atoms with van der Waals surface area (Å²) in [4.78, 5) is 18.5. The number of nitrogens with zero attached hydrogens (tertiary/aromatic N) is 2. The first-order chi connectivity index (χ1) is 11.6. The molecule has 0 unspecified atom stereocenters. The molecule has 1 aliphatic heterocycles. The maximum atomic E-state index is 12.5. The van der Waals surface area contributed by atoms with Crippen LogP contribution in [-0.4, -0.2) is 35.5 Å². The van der Waals surface area contributed by atoms with E-state index in [1.165, 1.54) is 0 Å². The number of likely N-dealkylation sites (tertiary alicyclic amines) is 1. The summed E-state index contributed by atoms with van der Waals surface area (Å²) in [5.74, 6) is 1.45. The number of carbonyl (C=O) groups excluding carboxylic acids is 1. The summed E-state index contributed by atoms with van der Waals surface area (Å²) in [7, 11) is 0. The van der Waals surface area contributed by atoms with Crippen LogP contribution in [0.15, 0.2) is 42.7 Å². The number of benzene rings is 1. The van der Waals surface area contributed by atoms with Crippen molar-refractivity contribution in [3.63, 3.8) is 0 Å². The predicted octanol–water partition coefficient (Wildman–Crippen LogP) is 3.97. The summed E-state index contributed by atoms with van der Waals surface area (Å²) in [6.07, 6.45) is 5.48. The molecular formula is C19H21ClN2O2. The number of aromatic nitrogens is 1. The van der Waals surface area contributed by atoms with E-state index in [2.05, 4.69) is 4.98 Å². The molecule has 0 bridgehead atoms. The zero-order valence-electron chi connectivity index (χ0n) is 13.7. The molecule has 4 nitrogen and oxygen atoms in total. The molecule has 24 heavy (non-hydrogen) atoms. The Morgan fingerprint density at radius 2 is 1.96 bits per heavy atom. The predicted molar refractivity (Wildman–Crippen MR) is 94.5 cm³/mol. The van der Waals surface area contributed by atoms with Gasteiger partial charge in [0, 0.05) is 41.6 Å². The number of pyridine rings is 1. The van der Waals surface area contributed by atoms with Gasteiger partial charge in [0.25, 0.3) is 5.91 Å². The molecule has 5 heteroatoms. The minimum atomic E-state index is 0.0796. The number of hydrogen-bond acceptors (Lipinski definition) is 3. The third-order valence-electron chi connectivity index (χ3n) is 4.44. The van der Waals surface area contributed by atoms with Gasteiger partial charge in [-0.05, 0) is 56.0 Å². The summed E-state index contributed by atoms with van der Waals surface area (Å²) in [5, 5.41) is 0.647. The SMILES string of the molecule is Cc1cnccc1OCC1CCN(C(=O)c2ccc(Cl)cc2)CC1. The van der Waals surface area contributed by atoms with Gasteiger partial charge in [-0.3, -0.25) is 9.78 Å². The third kappa shape index (κ3) is 4.06. The van der Waals surface area contributed by atoms with E-state index in [1.807, 2.05) is 24.1 Å². The van der Waals surface area contributed by atoms with Gasteiger partial charge in [0.15, 0.2) is 0 Å². The lowest BCUT2D eigenvalue weighted by atomic mass is 9.97. The molecule has 1 aromatic heterocycles. The monoisotopic (exact) mass is 344 g/mol. The van der Waals surface area contributed by atoms with E-state index in [0.717, 1.165) is 37.2 Å². The van der Waals surface area contributed by atoms with Crippen LogP contribution in [0.4, 0.5) is 0 Å². The molecule has 0 spiro atoms. The van der Waals surface area contributed by atoms with E-state index >= 15 is 0 Å². The van der Waals surface area contributed by atoms with E-state index in [1.54, 1.807) is 30.5 Å². The molecule has 1 aromatic carbocycles. The molecule has 1 amide bonds. The Kier molecular flexibility index (Phi) is 5.36. The quantitative estimate of drug-likeness (QED) is 0.842. The van der Waals surface area contributed by atoms with E-state index in [0.29, 0.717) is 23.1 Å². The molecule has 2 aromatic rings. The standard InChI is InChI=1S/C19H21ClN2O2/c1-14-12-21-9-6-18(14)24-13-15-7-10-22(11-8-15)19(23)16-2-4-17(20)5-3-16/h2-6,9,12,15H,7-8,10-11,13H2,1H3. The zero-order chi connectivity index (χ0) is 16.9. The Morgan fingerprint density at radius 3 is 2.62 bits per heavy atom. The Labute approximate surface area is 147 Å². The molecule has 126 valence electrons. The minimum absolute atomic E-state index is 0.0796. The van der Waals surface area contributed by atoms with Crippen LogP contribution < -0.4 is 4.74 Å². The van der Waals surface area contributed by atoms with Crippen molar-refractivity contribution in [1.82, 2.24) is 9.88 Å². The number of aryl methyl sites for hydroxylation is 1. The van der Waals surface area contributed by atoms with Gasteiger partial charge in [-0.1, -0.05) is 11.6 Å². The number of hydrogen-bond donors (Lipinski definition) is 0. The van der Waals surface area contributed by atoms with Crippen molar-refractivity contribution >= 4 is 17.5 Å². The second-order valence-corrected chi connectivity index (χ2v) is 6.63. The first-order valence-corrected chi connectivity index (χ1v) is 8.59. The molecule has 1 aliphatic rings. The molecule has 0 atom stereocenters. The molecule has 3 rings (SSSR count). The van der Waals surface area contributed by atoms with Crippen LogP contribution in [0.1, 0.15) is 28.8 Å². The normalized spacial score (nSPS) is 15.3. The molecule has 0 N–H and O–H groups in total. The highest BCUT2D eigenvalue weighted by Gasteiger charge is 2.24. The second kappa shape index (κ2) is 7.67. The highest BCUT2D eigenvalue weighted by molar-refractivity contribution is 6.30. The molecule has 1 fully saturated rings. The molecule has 2 heterocycles. The summed E-state index contributed by atoms with van der Waals surface area (Å²) < 4.78 is 5.91. The van der Waals surface area contributed by atoms with Crippen LogP contribution in [0.5, 0.6) is 5.75 Å². The summed E-state index contributed by atoms with van der Waals surface area (Å²) in [6, 6.07) is 8.98. The van der Waals surface area contributed by atoms with Gasteiger partial charge in [0.1, 0.15) is 5.75 Å². The highest BCUT2D eigenvalue weighted by atomic mass is 35.5. The van der Waals surface area contributed by atoms with E-state index in [-0.39, 0.29) is 5.91 Å². The van der Waals surface area contributed by atoms with Gasteiger partial charge in [-0.2, -0.15) is 0 Å². The summed E-state index contributed by atoms with van der Waals surface area (Å²) >= 11 is 5.87. The average Bonchev–Trinajstić information content (AvgIpc) is 2.62. The Balaban J connectivity index is 1.49. The lowest BCUT2D eigenvalue weighted by molar-refractivity contribution is 0.0661. The lowest BCUT2D eigenvalue weighted by Crippen LogP contribution is -2.39. The van der Waals surface area contributed by atoms with Gasteiger partial charge in [-0.25, -0.2) is 0 Å². The fraction of sp³-hybridized carbons (Fsp3) is 0.368. The van der Waals surface area contributed by atoms with Crippen LogP contribution >= 0.6 is 11.6 Å². The second-order valence-electron chi connectivity index (χ2n) is 6.19. The van der Waals surface area contributed by atoms with Crippen molar-refractivity contribution in [3.8, 4) is 5.75 Å². The minimum Gasteiger partial charge on any atom is -0.493 e. The molecular weight excluding hydrogens is 324 g/mol. The van der Waals surface area contributed by atoms with Gasteiger partial charge in [0.2, 0.25) is 0 Å². The first-order valence-electron chi connectivity index (χ1n) is 8.22. The third-order valence-corrected chi connectivity index (χ3v) is 4.69. The number of ether oxygens (including phenoxy) is 1. The summed E-state index contributed by atoms with van der Waals surface area (Å²) in [5.41, 5.74) is 1.74. The smallest absolute Gasteiger partial charge is 0.253 e. The van der Waals surface area contributed by atoms with Crippen molar-refractivity contribution in [1.29, 1.82) is 0 Å². The highest BCUT2D eigenvalue weighted by Crippen LogP contribution is 2.22. The van der Waals surface area contributed by atoms with Crippen LogP contribution in [0.25, 0.3) is 0 Å². The summed E-state index contributed by atoms with van der Waals surface area (Å²) in [6.45, 7) is 4.22. The van der Waals surface area contributed by atoms with Crippen molar-refractivity contribution < 1.29 is 9.53 Å². The van der Waals surface area contributed by atoms with E-state index in [4.69, 9.17) is 16.3 Å². The van der Waals surface area contributed by atoms with Gasteiger partial charge in [-0.15, -0.1) is 0 Å². The van der Waals surface area contributed by atoms with Crippen molar-refractivity contribution in [2.75, 3.05) is 19.7 Å². The number of amides is 1.